The monoisotopic (exact) mass is 303 g/mol. The molecule has 0 radical (unpaired) electrons. The summed E-state index contributed by atoms with van der Waals surface area (Å²) in [6.45, 7) is 3.71. The summed E-state index contributed by atoms with van der Waals surface area (Å²) in [5.41, 5.74) is 3.82. The van der Waals surface area contributed by atoms with Gasteiger partial charge < -0.3 is 15.2 Å². The summed E-state index contributed by atoms with van der Waals surface area (Å²) >= 11 is 5.98. The molecule has 2 heterocycles. The van der Waals surface area contributed by atoms with Crippen molar-refractivity contribution in [2.24, 2.45) is 0 Å². The van der Waals surface area contributed by atoms with E-state index in [1.807, 2.05) is 29.7 Å². The minimum absolute atomic E-state index is 0.132. The number of benzene rings is 1. The number of nitrogens with zero attached hydrogens (tertiary/aromatic N) is 1. The molecule has 2 aromatic rings. The number of carbonyl (C=O) groups excluding carboxylic acids is 1. The van der Waals surface area contributed by atoms with Gasteiger partial charge in [0, 0.05) is 30.7 Å². The average molecular weight is 304 g/mol. The van der Waals surface area contributed by atoms with E-state index in [0.29, 0.717) is 17.3 Å². The van der Waals surface area contributed by atoms with Crippen LogP contribution in [0.5, 0.6) is 0 Å². The smallest absolute Gasteiger partial charge is 0.272 e. The van der Waals surface area contributed by atoms with Gasteiger partial charge in [-0.05, 0) is 49.6 Å². The summed E-state index contributed by atoms with van der Waals surface area (Å²) in [5.74, 6) is -0.132. The van der Waals surface area contributed by atoms with Crippen molar-refractivity contribution in [3.63, 3.8) is 0 Å². The summed E-state index contributed by atoms with van der Waals surface area (Å²) in [5, 5.41) is 6.89. The molecule has 0 atom stereocenters. The minimum atomic E-state index is -0.132. The van der Waals surface area contributed by atoms with E-state index in [1.165, 1.54) is 11.3 Å². The third kappa shape index (κ3) is 2.90. The Labute approximate surface area is 129 Å². The molecule has 0 saturated carbocycles. The summed E-state index contributed by atoms with van der Waals surface area (Å²) in [4.78, 5) is 12.4. The number of carbonyl (C=O) groups is 1. The Kier molecular flexibility index (Phi) is 3.88. The molecule has 0 saturated heterocycles. The minimum Gasteiger partial charge on any atom is -0.385 e. The molecular formula is C16H18ClN3O. The van der Waals surface area contributed by atoms with Gasteiger partial charge in [-0.15, -0.1) is 0 Å². The Balaban J connectivity index is 1.81. The fraction of sp³-hybridized carbons (Fsp3) is 0.312. The summed E-state index contributed by atoms with van der Waals surface area (Å²) < 4.78 is 1.84. The van der Waals surface area contributed by atoms with Gasteiger partial charge in [0.2, 0.25) is 0 Å². The maximum atomic E-state index is 12.4. The first-order chi connectivity index (χ1) is 10.2. The zero-order chi connectivity index (χ0) is 14.8. The van der Waals surface area contributed by atoms with Crippen LogP contribution in [0.1, 0.15) is 29.4 Å². The number of anilines is 2. The molecule has 1 aliphatic rings. The Bertz CT molecular complexity index is 678. The van der Waals surface area contributed by atoms with Crippen LogP contribution in [0, 0.1) is 0 Å². The molecule has 1 aromatic heterocycles. The molecule has 1 amide bonds. The number of aromatic nitrogens is 1. The fourth-order valence-electron chi connectivity index (χ4n) is 2.67. The van der Waals surface area contributed by atoms with Crippen LogP contribution in [-0.4, -0.2) is 17.0 Å². The van der Waals surface area contributed by atoms with E-state index in [0.717, 1.165) is 25.1 Å². The number of amides is 1. The first kappa shape index (κ1) is 14.0. The molecule has 0 unspecified atom stereocenters. The van der Waals surface area contributed by atoms with Crippen LogP contribution in [0.15, 0.2) is 30.5 Å². The predicted molar refractivity (Wildman–Crippen MR) is 86.3 cm³/mol. The second-order valence-corrected chi connectivity index (χ2v) is 5.62. The predicted octanol–water partition coefficient (Wildman–Crippen LogP) is 3.77. The lowest BCUT2D eigenvalue weighted by molar-refractivity contribution is 0.101. The van der Waals surface area contributed by atoms with Gasteiger partial charge in [0.05, 0.1) is 5.02 Å². The van der Waals surface area contributed by atoms with Gasteiger partial charge in [0.1, 0.15) is 5.69 Å². The molecule has 5 heteroatoms. The number of rotatable bonds is 3. The molecule has 1 aromatic carbocycles. The number of nitrogens with one attached hydrogen (secondary N) is 2. The van der Waals surface area contributed by atoms with Gasteiger partial charge in [0.15, 0.2) is 0 Å². The van der Waals surface area contributed by atoms with Crippen LogP contribution in [0.4, 0.5) is 11.4 Å². The first-order valence-corrected chi connectivity index (χ1v) is 7.59. The van der Waals surface area contributed by atoms with Crippen molar-refractivity contribution in [1.82, 2.24) is 4.57 Å². The highest BCUT2D eigenvalue weighted by molar-refractivity contribution is 6.31. The van der Waals surface area contributed by atoms with Crippen LogP contribution in [0.25, 0.3) is 0 Å². The van der Waals surface area contributed by atoms with Crippen LogP contribution in [0.2, 0.25) is 5.02 Å². The highest BCUT2D eigenvalue weighted by atomic mass is 35.5. The lowest BCUT2D eigenvalue weighted by Crippen LogP contribution is -2.17. The van der Waals surface area contributed by atoms with Gasteiger partial charge in [-0.1, -0.05) is 11.6 Å². The number of hydrogen-bond acceptors (Lipinski definition) is 2. The normalized spacial score (nSPS) is 13.4. The van der Waals surface area contributed by atoms with Crippen LogP contribution < -0.4 is 10.6 Å². The molecule has 1 aliphatic heterocycles. The van der Waals surface area contributed by atoms with E-state index in [1.54, 1.807) is 12.3 Å². The topological polar surface area (TPSA) is 46.1 Å². The Morgan fingerprint density at radius 1 is 1.43 bits per heavy atom. The van der Waals surface area contributed by atoms with Gasteiger partial charge in [0.25, 0.3) is 5.91 Å². The molecule has 0 bridgehead atoms. The molecular weight excluding hydrogens is 286 g/mol. The molecule has 0 spiro atoms. The number of hydrogen-bond donors (Lipinski definition) is 2. The van der Waals surface area contributed by atoms with Gasteiger partial charge in [-0.2, -0.15) is 0 Å². The number of fused-ring (bicyclic) bond motifs is 1. The van der Waals surface area contributed by atoms with Crippen molar-refractivity contribution in [1.29, 1.82) is 0 Å². The van der Waals surface area contributed by atoms with Gasteiger partial charge in [-0.3, -0.25) is 4.79 Å². The van der Waals surface area contributed by atoms with Crippen molar-refractivity contribution >= 4 is 28.9 Å². The average Bonchev–Trinajstić information content (AvgIpc) is 2.88. The Morgan fingerprint density at radius 3 is 3.10 bits per heavy atom. The van der Waals surface area contributed by atoms with Crippen molar-refractivity contribution in [3.8, 4) is 0 Å². The molecule has 110 valence electrons. The lowest BCUT2D eigenvalue weighted by atomic mass is 10.0. The van der Waals surface area contributed by atoms with Crippen molar-refractivity contribution in [2.45, 2.75) is 26.3 Å². The number of halogens is 1. The third-order valence-corrected chi connectivity index (χ3v) is 3.94. The SMILES string of the molecule is CCn1cc(Cl)cc1C(=O)Nc1ccc2c(c1)CCCN2. The van der Waals surface area contributed by atoms with Crippen molar-refractivity contribution in [2.75, 3.05) is 17.2 Å². The van der Waals surface area contributed by atoms with E-state index in [9.17, 15) is 4.79 Å². The summed E-state index contributed by atoms with van der Waals surface area (Å²) in [7, 11) is 0. The first-order valence-electron chi connectivity index (χ1n) is 7.21. The van der Waals surface area contributed by atoms with E-state index < -0.39 is 0 Å². The standard InChI is InChI=1S/C16H18ClN3O/c1-2-20-10-12(17)9-15(20)16(21)19-13-5-6-14-11(8-13)4-3-7-18-14/h5-6,8-10,18H,2-4,7H2,1H3,(H,19,21). The summed E-state index contributed by atoms with van der Waals surface area (Å²) in [6.07, 6.45) is 3.94. The lowest BCUT2D eigenvalue weighted by Gasteiger charge is -2.19. The van der Waals surface area contributed by atoms with Gasteiger partial charge >= 0.3 is 0 Å². The summed E-state index contributed by atoms with van der Waals surface area (Å²) in [6, 6.07) is 7.69. The quantitative estimate of drug-likeness (QED) is 0.906. The van der Waals surface area contributed by atoms with Crippen molar-refractivity contribution < 1.29 is 4.79 Å². The third-order valence-electron chi connectivity index (χ3n) is 3.74. The largest absolute Gasteiger partial charge is 0.385 e. The molecule has 4 nitrogen and oxygen atoms in total. The highest BCUT2D eigenvalue weighted by Crippen LogP contribution is 2.25. The molecule has 0 aliphatic carbocycles. The van der Waals surface area contributed by atoms with E-state index in [4.69, 9.17) is 11.6 Å². The molecule has 21 heavy (non-hydrogen) atoms. The van der Waals surface area contributed by atoms with Crippen LogP contribution >= 0.6 is 11.6 Å². The molecule has 3 rings (SSSR count). The zero-order valence-corrected chi connectivity index (χ0v) is 12.7. The molecule has 2 N–H and O–H groups in total. The van der Waals surface area contributed by atoms with Crippen LogP contribution in [0.3, 0.4) is 0 Å². The Morgan fingerprint density at radius 2 is 2.29 bits per heavy atom. The number of aryl methyl sites for hydroxylation is 2. The zero-order valence-electron chi connectivity index (χ0n) is 11.9. The van der Waals surface area contributed by atoms with E-state index >= 15 is 0 Å². The second kappa shape index (κ2) is 5.82. The Hall–Kier alpha value is -1.94. The maximum absolute atomic E-state index is 12.4. The van der Waals surface area contributed by atoms with Gasteiger partial charge in [-0.25, -0.2) is 0 Å². The van der Waals surface area contributed by atoms with Crippen molar-refractivity contribution in [3.05, 3.63) is 46.7 Å². The van der Waals surface area contributed by atoms with E-state index in [2.05, 4.69) is 10.6 Å². The van der Waals surface area contributed by atoms with Crippen LogP contribution in [-0.2, 0) is 13.0 Å². The maximum Gasteiger partial charge on any atom is 0.272 e. The fourth-order valence-corrected chi connectivity index (χ4v) is 2.90. The second-order valence-electron chi connectivity index (χ2n) is 5.19. The van der Waals surface area contributed by atoms with E-state index in [-0.39, 0.29) is 5.91 Å². The highest BCUT2D eigenvalue weighted by Gasteiger charge is 2.14. The molecule has 0 fully saturated rings.